The van der Waals surface area contributed by atoms with Crippen LogP contribution in [0.1, 0.15) is 16.8 Å². The fourth-order valence-corrected chi connectivity index (χ4v) is 2.54. The molecule has 0 saturated heterocycles. The summed E-state index contributed by atoms with van der Waals surface area (Å²) in [5.41, 5.74) is 3.07. The summed E-state index contributed by atoms with van der Waals surface area (Å²) >= 11 is 2.37. The zero-order valence-electron chi connectivity index (χ0n) is 7.48. The van der Waals surface area contributed by atoms with Gasteiger partial charge in [0, 0.05) is 10.1 Å². The maximum absolute atomic E-state index is 13.3. The average molecular weight is 291 g/mol. The van der Waals surface area contributed by atoms with Crippen LogP contribution in [-0.2, 0) is 12.8 Å². The Labute approximate surface area is 90.9 Å². The molecule has 0 fully saturated rings. The zero-order chi connectivity index (χ0) is 9.42. The number of aromatic nitrogens is 1. The summed E-state index contributed by atoms with van der Waals surface area (Å²) in [6.45, 7) is 1.97. The summed E-state index contributed by atoms with van der Waals surface area (Å²) in [4.78, 5) is 4.04. The van der Waals surface area contributed by atoms with Crippen molar-refractivity contribution in [3.8, 4) is 0 Å². The summed E-state index contributed by atoms with van der Waals surface area (Å²) in [5, 5.41) is 0. The van der Waals surface area contributed by atoms with Crippen molar-refractivity contribution >= 4 is 22.6 Å². The topological polar surface area (TPSA) is 12.9 Å². The van der Waals surface area contributed by atoms with Gasteiger partial charge in [-0.15, -0.1) is 0 Å². The van der Waals surface area contributed by atoms with Gasteiger partial charge in [0.1, 0.15) is 5.82 Å². The molecule has 1 aliphatic rings. The first-order chi connectivity index (χ1) is 6.22. The third kappa shape index (κ3) is 1.58. The van der Waals surface area contributed by atoms with E-state index in [0.29, 0.717) is 5.92 Å². The molecule has 3 heteroatoms. The summed E-state index contributed by atoms with van der Waals surface area (Å²) < 4.78 is 14.4. The Morgan fingerprint density at radius 3 is 2.85 bits per heavy atom. The number of rotatable bonds is 1. The minimum atomic E-state index is -0.118. The van der Waals surface area contributed by atoms with Gasteiger partial charge in [0.05, 0.1) is 6.20 Å². The highest BCUT2D eigenvalue weighted by atomic mass is 127. The minimum absolute atomic E-state index is 0.118. The van der Waals surface area contributed by atoms with E-state index in [9.17, 15) is 4.39 Å². The van der Waals surface area contributed by atoms with E-state index in [1.54, 1.807) is 0 Å². The minimum Gasteiger partial charge on any atom is -0.258 e. The Morgan fingerprint density at radius 2 is 2.23 bits per heavy atom. The monoisotopic (exact) mass is 291 g/mol. The van der Waals surface area contributed by atoms with Crippen LogP contribution in [-0.4, -0.2) is 9.41 Å². The van der Waals surface area contributed by atoms with Gasteiger partial charge in [0.2, 0.25) is 0 Å². The van der Waals surface area contributed by atoms with Crippen LogP contribution in [0.25, 0.3) is 0 Å². The number of halogens is 2. The predicted molar refractivity (Wildman–Crippen MR) is 58.7 cm³/mol. The first kappa shape index (κ1) is 9.37. The van der Waals surface area contributed by atoms with E-state index in [1.807, 2.05) is 6.92 Å². The van der Waals surface area contributed by atoms with E-state index in [-0.39, 0.29) is 5.82 Å². The van der Waals surface area contributed by atoms with Gasteiger partial charge < -0.3 is 0 Å². The van der Waals surface area contributed by atoms with E-state index < -0.39 is 0 Å². The van der Waals surface area contributed by atoms with Gasteiger partial charge >= 0.3 is 0 Å². The molecule has 0 saturated carbocycles. The standard InChI is InChI=1S/C10H11FIN/c1-6-8-2-7(4-12)3-9(8)10(11)5-13-6/h5,7H,2-4H2,1H3/t7-/m0/s1. The lowest BCUT2D eigenvalue weighted by atomic mass is 10.1. The molecule has 2 rings (SSSR count). The van der Waals surface area contributed by atoms with Crippen LogP contribution in [0.2, 0.25) is 0 Å². The fraction of sp³-hybridized carbons (Fsp3) is 0.500. The van der Waals surface area contributed by atoms with E-state index in [0.717, 1.165) is 34.1 Å². The predicted octanol–water partition coefficient (Wildman–Crippen LogP) is 2.68. The first-order valence-corrected chi connectivity index (χ1v) is 5.93. The van der Waals surface area contributed by atoms with Crippen LogP contribution in [0, 0.1) is 18.7 Å². The molecule has 1 heterocycles. The number of fused-ring (bicyclic) bond motifs is 1. The molecule has 1 nitrogen and oxygen atoms in total. The Kier molecular flexibility index (Phi) is 2.53. The summed E-state index contributed by atoms with van der Waals surface area (Å²) in [6.07, 6.45) is 3.26. The molecule has 1 aromatic rings. The van der Waals surface area contributed by atoms with Gasteiger partial charge in [-0.05, 0) is 36.8 Å². The molecule has 70 valence electrons. The van der Waals surface area contributed by atoms with Gasteiger partial charge in [-0.3, -0.25) is 4.98 Å². The molecule has 0 spiro atoms. The van der Waals surface area contributed by atoms with Crippen molar-refractivity contribution in [2.75, 3.05) is 4.43 Å². The van der Waals surface area contributed by atoms with Crippen LogP contribution >= 0.6 is 22.6 Å². The first-order valence-electron chi connectivity index (χ1n) is 4.41. The largest absolute Gasteiger partial charge is 0.258 e. The molecule has 0 unspecified atom stereocenters. The average Bonchev–Trinajstić information content (AvgIpc) is 2.56. The van der Waals surface area contributed by atoms with Crippen LogP contribution < -0.4 is 0 Å². The molecule has 0 aliphatic heterocycles. The van der Waals surface area contributed by atoms with Gasteiger partial charge in [-0.1, -0.05) is 22.6 Å². The molecular weight excluding hydrogens is 280 g/mol. The second-order valence-corrected chi connectivity index (χ2v) is 4.46. The second-order valence-electron chi connectivity index (χ2n) is 3.58. The number of hydrogen-bond donors (Lipinski definition) is 0. The normalized spacial score (nSPS) is 20.4. The maximum atomic E-state index is 13.3. The Morgan fingerprint density at radius 1 is 1.54 bits per heavy atom. The van der Waals surface area contributed by atoms with Crippen molar-refractivity contribution in [1.29, 1.82) is 0 Å². The third-order valence-electron chi connectivity index (χ3n) is 2.66. The number of hydrogen-bond acceptors (Lipinski definition) is 1. The number of pyridine rings is 1. The fourth-order valence-electron chi connectivity index (χ4n) is 1.92. The molecule has 1 aliphatic carbocycles. The van der Waals surface area contributed by atoms with E-state index in [4.69, 9.17) is 0 Å². The molecule has 1 aromatic heterocycles. The quantitative estimate of drug-likeness (QED) is 0.572. The molecule has 0 aromatic carbocycles. The third-order valence-corrected chi connectivity index (χ3v) is 3.91. The van der Waals surface area contributed by atoms with Gasteiger partial charge in [0.15, 0.2) is 0 Å². The number of alkyl halides is 1. The summed E-state index contributed by atoms with van der Waals surface area (Å²) in [5.74, 6) is 0.501. The summed E-state index contributed by atoms with van der Waals surface area (Å²) in [6, 6.07) is 0. The lowest BCUT2D eigenvalue weighted by molar-refractivity contribution is 0.590. The van der Waals surface area contributed by atoms with E-state index >= 15 is 0 Å². The Hall–Kier alpha value is -0.190. The van der Waals surface area contributed by atoms with Crippen molar-refractivity contribution in [1.82, 2.24) is 4.98 Å². The van der Waals surface area contributed by atoms with Crippen molar-refractivity contribution in [2.45, 2.75) is 19.8 Å². The van der Waals surface area contributed by atoms with Gasteiger partial charge in [-0.25, -0.2) is 4.39 Å². The van der Waals surface area contributed by atoms with Crippen LogP contribution in [0.4, 0.5) is 4.39 Å². The van der Waals surface area contributed by atoms with Crippen LogP contribution in [0.15, 0.2) is 6.20 Å². The van der Waals surface area contributed by atoms with E-state index in [2.05, 4.69) is 27.6 Å². The highest BCUT2D eigenvalue weighted by Crippen LogP contribution is 2.30. The molecule has 0 bridgehead atoms. The van der Waals surface area contributed by atoms with Gasteiger partial charge in [-0.2, -0.15) is 0 Å². The molecule has 13 heavy (non-hydrogen) atoms. The Bertz CT molecular complexity index is 307. The lowest BCUT2D eigenvalue weighted by Gasteiger charge is -2.02. The Balaban J connectivity index is 2.43. The highest BCUT2D eigenvalue weighted by molar-refractivity contribution is 14.1. The van der Waals surface area contributed by atoms with Crippen molar-refractivity contribution < 1.29 is 4.39 Å². The summed E-state index contributed by atoms with van der Waals surface area (Å²) in [7, 11) is 0. The van der Waals surface area contributed by atoms with Crippen molar-refractivity contribution in [2.24, 2.45) is 5.92 Å². The van der Waals surface area contributed by atoms with E-state index in [1.165, 1.54) is 6.20 Å². The number of nitrogens with zero attached hydrogens (tertiary/aromatic N) is 1. The lowest BCUT2D eigenvalue weighted by Crippen LogP contribution is -1.99. The maximum Gasteiger partial charge on any atom is 0.144 e. The van der Waals surface area contributed by atoms with Gasteiger partial charge in [0.25, 0.3) is 0 Å². The highest BCUT2D eigenvalue weighted by Gasteiger charge is 2.25. The smallest absolute Gasteiger partial charge is 0.144 e. The molecule has 0 radical (unpaired) electrons. The molecule has 1 atom stereocenters. The zero-order valence-corrected chi connectivity index (χ0v) is 9.64. The SMILES string of the molecule is Cc1ncc(F)c2c1C[C@H](CI)C2. The van der Waals surface area contributed by atoms with Crippen molar-refractivity contribution in [3.63, 3.8) is 0 Å². The van der Waals surface area contributed by atoms with Crippen LogP contribution in [0.5, 0.6) is 0 Å². The molecule has 0 amide bonds. The molecule has 0 N–H and O–H groups in total. The second kappa shape index (κ2) is 3.52. The molecular formula is C10H11FIN. The van der Waals surface area contributed by atoms with Crippen LogP contribution in [0.3, 0.4) is 0 Å². The number of aryl methyl sites for hydroxylation is 1. The van der Waals surface area contributed by atoms with Crippen molar-refractivity contribution in [3.05, 3.63) is 28.8 Å².